The Balaban J connectivity index is 0.00000256. The molecule has 0 atom stereocenters. The van der Waals surface area contributed by atoms with E-state index in [1.54, 1.807) is 30.9 Å². The molecule has 1 aliphatic heterocycles. The molecular formula is C17H13F4IN4O3S. The first-order valence-electron chi connectivity index (χ1n) is 8.15. The summed E-state index contributed by atoms with van der Waals surface area (Å²) in [5, 5.41) is 0. The summed E-state index contributed by atoms with van der Waals surface area (Å²) < 4.78 is 66.2. The summed E-state index contributed by atoms with van der Waals surface area (Å²) in [6, 6.07) is 3.01. The summed E-state index contributed by atoms with van der Waals surface area (Å²) in [4.78, 5) is 17.5. The van der Waals surface area contributed by atoms with Gasteiger partial charge in [0.05, 0.1) is 12.7 Å². The Morgan fingerprint density at radius 2 is 1.83 bits per heavy atom. The summed E-state index contributed by atoms with van der Waals surface area (Å²) in [7, 11) is 1.74. The molecule has 160 valence electrons. The highest BCUT2D eigenvalue weighted by Gasteiger charge is 2.65. The van der Waals surface area contributed by atoms with E-state index in [-0.39, 0.29) is 34.5 Å². The summed E-state index contributed by atoms with van der Waals surface area (Å²) in [6.07, 6.45) is -3.25. The predicted octanol–water partition coefficient (Wildman–Crippen LogP) is 0.00302. The molecule has 3 heterocycles. The van der Waals surface area contributed by atoms with Gasteiger partial charge in [0.25, 0.3) is 6.33 Å². The molecule has 0 radical (unpaired) electrons. The second-order valence-corrected chi connectivity index (χ2v) is 7.46. The van der Waals surface area contributed by atoms with Gasteiger partial charge < -0.3 is 33.5 Å². The smallest absolute Gasteiger partial charge is 0.507 e. The van der Waals surface area contributed by atoms with Gasteiger partial charge in [-0.2, -0.15) is 17.6 Å². The molecule has 0 spiro atoms. The van der Waals surface area contributed by atoms with Crippen molar-refractivity contribution < 1.29 is 60.4 Å². The Morgan fingerprint density at radius 3 is 2.47 bits per heavy atom. The number of hydrogen-bond acceptors (Lipinski definition) is 4. The fourth-order valence-electron chi connectivity index (χ4n) is 2.63. The number of nitrogens with zero attached hydrogens (tertiary/aromatic N) is 4. The lowest BCUT2D eigenvalue weighted by molar-refractivity contribution is -0.670. The van der Waals surface area contributed by atoms with Crippen molar-refractivity contribution in [3.05, 3.63) is 52.8 Å². The molecule has 0 fully saturated rings. The lowest BCUT2D eigenvalue weighted by Crippen LogP contribution is -3.00. The number of rotatable bonds is 1. The third-order valence-corrected chi connectivity index (χ3v) is 4.87. The van der Waals surface area contributed by atoms with E-state index < -0.39 is 29.7 Å². The molecule has 1 aromatic carbocycles. The molecule has 0 bridgehead atoms. The molecule has 0 saturated heterocycles. The van der Waals surface area contributed by atoms with Crippen LogP contribution in [-0.4, -0.2) is 27.4 Å². The van der Waals surface area contributed by atoms with Crippen molar-refractivity contribution in [2.24, 2.45) is 12.0 Å². The summed E-state index contributed by atoms with van der Waals surface area (Å²) in [6.45, 7) is 1.77. The average Bonchev–Trinajstić information content (AvgIpc) is 3.21. The largest absolute Gasteiger partial charge is 1.00 e. The molecule has 1 amide bonds. The van der Waals surface area contributed by atoms with E-state index in [0.717, 1.165) is 17.0 Å². The van der Waals surface area contributed by atoms with Gasteiger partial charge in [0.1, 0.15) is 12.4 Å². The number of thiazole rings is 1. The molecule has 30 heavy (non-hydrogen) atoms. The minimum atomic E-state index is -4.82. The van der Waals surface area contributed by atoms with Crippen molar-refractivity contribution in [3.63, 3.8) is 0 Å². The number of carbonyl (C=O) groups is 1. The van der Waals surface area contributed by atoms with Gasteiger partial charge in [0.15, 0.2) is 11.5 Å². The Hall–Kier alpha value is -2.42. The monoisotopic (exact) mass is 556 g/mol. The van der Waals surface area contributed by atoms with Gasteiger partial charge in [-0.15, -0.1) is 20.9 Å². The first-order valence-corrected chi connectivity index (χ1v) is 8.97. The SMILES string of the molecule is Cc1cn(-c2ccc3c(c2)OC(F)(F)C(F)(F)O3)/c(=N/C(=O)n2cc[n+](C)c2)s1.[I-]. The highest BCUT2D eigenvalue weighted by atomic mass is 127. The Labute approximate surface area is 187 Å². The van der Waals surface area contributed by atoms with Crippen molar-refractivity contribution >= 4 is 17.4 Å². The van der Waals surface area contributed by atoms with Crippen LogP contribution in [0.1, 0.15) is 4.88 Å². The van der Waals surface area contributed by atoms with Gasteiger partial charge in [0, 0.05) is 17.1 Å². The van der Waals surface area contributed by atoms with E-state index in [0.29, 0.717) is 0 Å². The van der Waals surface area contributed by atoms with Gasteiger partial charge in [0.2, 0.25) is 4.80 Å². The van der Waals surface area contributed by atoms with Crippen LogP contribution in [0.4, 0.5) is 22.4 Å². The zero-order valence-electron chi connectivity index (χ0n) is 15.4. The Bertz CT molecular complexity index is 1190. The van der Waals surface area contributed by atoms with Crippen molar-refractivity contribution in [1.82, 2.24) is 9.13 Å². The summed E-state index contributed by atoms with van der Waals surface area (Å²) >= 11 is 1.19. The van der Waals surface area contributed by atoms with Crippen LogP contribution in [0.2, 0.25) is 0 Å². The first kappa shape index (κ1) is 22.3. The molecule has 7 nitrogen and oxygen atoms in total. The number of aromatic nitrogens is 3. The topological polar surface area (TPSA) is 61.6 Å². The number of halogens is 5. The molecular weight excluding hydrogens is 543 g/mol. The number of carbonyl (C=O) groups excluding carboxylic acids is 1. The van der Waals surface area contributed by atoms with E-state index in [4.69, 9.17) is 0 Å². The number of imidazole rings is 1. The van der Waals surface area contributed by atoms with Crippen LogP contribution < -0.4 is 42.8 Å². The molecule has 0 saturated carbocycles. The Morgan fingerprint density at radius 1 is 1.17 bits per heavy atom. The summed E-state index contributed by atoms with van der Waals surface area (Å²) in [5.41, 5.74) is 0.280. The third-order valence-electron chi connectivity index (χ3n) is 3.97. The standard InChI is InChI=1S/C17H13F4N4O3S.HI/c1-10-8-25(15(29-10)22-14(26)24-6-5-23(2)9-24)11-3-4-12-13(7-11)28-17(20,21)16(18,19)27-12;/h3-9H,1-2H3;1H/q+1;/p-1/b22-15-;. The predicted molar refractivity (Wildman–Crippen MR) is 91.5 cm³/mol. The molecule has 2 aromatic heterocycles. The number of benzene rings is 1. The maximum atomic E-state index is 13.5. The van der Waals surface area contributed by atoms with Crippen molar-refractivity contribution in [3.8, 4) is 17.2 Å². The van der Waals surface area contributed by atoms with Crippen LogP contribution >= 0.6 is 11.3 Å². The number of amides is 1. The van der Waals surface area contributed by atoms with Gasteiger partial charge in [-0.05, 0) is 19.1 Å². The van der Waals surface area contributed by atoms with Gasteiger partial charge >= 0.3 is 18.2 Å². The maximum absolute atomic E-state index is 13.5. The zero-order valence-corrected chi connectivity index (χ0v) is 18.3. The highest BCUT2D eigenvalue weighted by Crippen LogP contribution is 2.47. The molecule has 4 rings (SSSR count). The van der Waals surface area contributed by atoms with E-state index in [2.05, 4.69) is 14.5 Å². The zero-order chi connectivity index (χ0) is 21.0. The van der Waals surface area contributed by atoms with Crippen LogP contribution in [0.25, 0.3) is 5.69 Å². The minimum Gasteiger partial charge on any atom is -1.00 e. The average molecular weight is 556 g/mol. The molecule has 0 aliphatic carbocycles. The third kappa shape index (κ3) is 3.95. The number of aryl methyl sites for hydroxylation is 2. The van der Waals surface area contributed by atoms with E-state index >= 15 is 0 Å². The van der Waals surface area contributed by atoms with Crippen LogP contribution in [0.3, 0.4) is 0 Å². The highest BCUT2D eigenvalue weighted by molar-refractivity contribution is 7.09. The van der Waals surface area contributed by atoms with Crippen LogP contribution in [-0.2, 0) is 7.05 Å². The Kier molecular flexibility index (Phi) is 5.70. The fourth-order valence-corrected chi connectivity index (χ4v) is 3.45. The van der Waals surface area contributed by atoms with E-state index in [1.165, 1.54) is 39.1 Å². The van der Waals surface area contributed by atoms with Crippen LogP contribution in [0.5, 0.6) is 11.5 Å². The van der Waals surface area contributed by atoms with E-state index in [1.807, 2.05) is 0 Å². The van der Waals surface area contributed by atoms with Gasteiger partial charge in [-0.1, -0.05) is 0 Å². The maximum Gasteiger partial charge on any atom is 0.507 e. The number of alkyl halides is 4. The molecule has 13 heteroatoms. The number of ether oxygens (including phenoxy) is 2. The second kappa shape index (κ2) is 7.68. The lowest BCUT2D eigenvalue weighted by atomic mass is 10.2. The first-order chi connectivity index (χ1) is 13.6. The lowest BCUT2D eigenvalue weighted by Gasteiger charge is -2.31. The van der Waals surface area contributed by atoms with Gasteiger partial charge in [-0.3, -0.25) is 4.57 Å². The quantitative estimate of drug-likeness (QED) is 0.241. The number of hydrogen-bond donors (Lipinski definition) is 0. The van der Waals surface area contributed by atoms with E-state index in [9.17, 15) is 22.4 Å². The normalized spacial score (nSPS) is 16.8. The van der Waals surface area contributed by atoms with Gasteiger partial charge in [-0.25, -0.2) is 9.36 Å². The van der Waals surface area contributed by atoms with Crippen molar-refractivity contribution in [2.75, 3.05) is 0 Å². The minimum absolute atomic E-state index is 0. The van der Waals surface area contributed by atoms with Crippen LogP contribution in [0.15, 0.2) is 48.1 Å². The second-order valence-electron chi connectivity index (χ2n) is 6.24. The summed E-state index contributed by atoms with van der Waals surface area (Å²) in [5.74, 6) is -1.07. The van der Waals surface area contributed by atoms with Crippen LogP contribution in [0, 0.1) is 6.92 Å². The number of fused-ring (bicyclic) bond motifs is 1. The fraction of sp³-hybridized carbons (Fsp3) is 0.235. The molecule has 1 aliphatic rings. The molecule has 0 N–H and O–H groups in total. The van der Waals surface area contributed by atoms with Crippen molar-refractivity contribution in [1.29, 1.82) is 0 Å². The van der Waals surface area contributed by atoms with Crippen molar-refractivity contribution in [2.45, 2.75) is 19.1 Å². The molecule has 0 unspecified atom stereocenters. The molecule has 3 aromatic rings.